The van der Waals surface area contributed by atoms with Gasteiger partial charge in [-0.25, -0.2) is 4.79 Å². The molecule has 0 saturated carbocycles. The van der Waals surface area contributed by atoms with E-state index in [1.807, 2.05) is 0 Å². The lowest BCUT2D eigenvalue weighted by molar-refractivity contribution is -0.339. The highest BCUT2D eigenvalue weighted by atomic mass is 16.8. The minimum atomic E-state index is -1.62. The minimum Gasteiger partial charge on any atom is -0.508 e. The Morgan fingerprint density at radius 2 is 1.73 bits per heavy atom. The van der Waals surface area contributed by atoms with Crippen molar-refractivity contribution in [3.05, 3.63) is 53.8 Å². The Morgan fingerprint density at radius 1 is 1.00 bits per heavy atom. The standard InChI is InChI=1S/C22H26O11/c23-8-15-17(26)18(27)19(28)22(32-15)33-21-16-11(7-14(25)13(16)5-6-30-21)9-31-20(29)10-1-3-12(24)4-2-10/h1-7,13-19,21-28H,8-9H2/t13-,14+,15-,16+,17-,18+,19-,21+,22?/m1/s1. The molecular formula is C22H26O11. The van der Waals surface area contributed by atoms with Crippen LogP contribution in [-0.2, 0) is 18.9 Å². The van der Waals surface area contributed by atoms with Gasteiger partial charge < -0.3 is 49.6 Å². The van der Waals surface area contributed by atoms with Crippen molar-refractivity contribution >= 4 is 5.97 Å². The average molecular weight is 466 g/mol. The Balaban J connectivity index is 1.45. The second kappa shape index (κ2) is 9.77. The van der Waals surface area contributed by atoms with Crippen molar-refractivity contribution in [2.45, 2.75) is 43.1 Å². The molecule has 0 amide bonds. The van der Waals surface area contributed by atoms with Gasteiger partial charge in [0.25, 0.3) is 0 Å². The van der Waals surface area contributed by atoms with Crippen molar-refractivity contribution in [3.8, 4) is 5.75 Å². The van der Waals surface area contributed by atoms with E-state index < -0.39 is 67.5 Å². The van der Waals surface area contributed by atoms with Gasteiger partial charge in [-0.05, 0) is 35.9 Å². The number of hydrogen-bond donors (Lipinski definition) is 6. The van der Waals surface area contributed by atoms with E-state index in [9.17, 15) is 35.4 Å². The van der Waals surface area contributed by atoms with Crippen LogP contribution >= 0.6 is 0 Å². The summed E-state index contributed by atoms with van der Waals surface area (Å²) in [5.74, 6) is -1.69. The molecule has 2 aliphatic heterocycles. The van der Waals surface area contributed by atoms with Gasteiger partial charge in [0.15, 0.2) is 6.29 Å². The summed E-state index contributed by atoms with van der Waals surface area (Å²) in [4.78, 5) is 12.3. The highest BCUT2D eigenvalue weighted by Crippen LogP contribution is 2.41. The van der Waals surface area contributed by atoms with E-state index in [4.69, 9.17) is 18.9 Å². The van der Waals surface area contributed by atoms with Crippen LogP contribution < -0.4 is 0 Å². The third-order valence-electron chi connectivity index (χ3n) is 6.02. The Bertz CT molecular complexity index is 896. The molecular weight excluding hydrogens is 440 g/mol. The summed E-state index contributed by atoms with van der Waals surface area (Å²) < 4.78 is 22.0. The van der Waals surface area contributed by atoms with Gasteiger partial charge in [0.2, 0.25) is 6.29 Å². The first-order valence-electron chi connectivity index (χ1n) is 10.4. The van der Waals surface area contributed by atoms with Gasteiger partial charge in [-0.2, -0.15) is 0 Å². The largest absolute Gasteiger partial charge is 0.508 e. The van der Waals surface area contributed by atoms with Crippen LogP contribution in [0.25, 0.3) is 0 Å². The first-order chi connectivity index (χ1) is 15.8. The van der Waals surface area contributed by atoms with E-state index >= 15 is 0 Å². The molecule has 0 bridgehead atoms. The highest BCUT2D eigenvalue weighted by Gasteiger charge is 2.49. The number of aliphatic hydroxyl groups excluding tert-OH is 5. The number of carbonyl (C=O) groups excluding carboxylic acids is 1. The number of esters is 1. The Labute approximate surface area is 188 Å². The van der Waals surface area contributed by atoms with Gasteiger partial charge in [-0.3, -0.25) is 0 Å². The molecule has 6 N–H and O–H groups in total. The molecule has 33 heavy (non-hydrogen) atoms. The maximum absolute atomic E-state index is 12.3. The molecule has 0 radical (unpaired) electrons. The van der Waals surface area contributed by atoms with Crippen LogP contribution in [0.1, 0.15) is 10.4 Å². The van der Waals surface area contributed by atoms with Crippen molar-refractivity contribution in [3.63, 3.8) is 0 Å². The second-order valence-corrected chi connectivity index (χ2v) is 8.12. The zero-order valence-corrected chi connectivity index (χ0v) is 17.4. The van der Waals surface area contributed by atoms with Gasteiger partial charge in [0.05, 0.1) is 30.5 Å². The van der Waals surface area contributed by atoms with Crippen molar-refractivity contribution in [2.24, 2.45) is 11.8 Å². The maximum Gasteiger partial charge on any atom is 0.338 e. The molecule has 180 valence electrons. The first kappa shape index (κ1) is 23.6. The van der Waals surface area contributed by atoms with Crippen LogP contribution in [0.4, 0.5) is 0 Å². The first-order valence-corrected chi connectivity index (χ1v) is 10.4. The van der Waals surface area contributed by atoms with Crippen LogP contribution in [0, 0.1) is 11.8 Å². The van der Waals surface area contributed by atoms with Crippen molar-refractivity contribution in [1.29, 1.82) is 0 Å². The SMILES string of the molecule is O=C(OCC1=C[C@H](O)[C@H]2C=CO[C@@H](OC3O[C@H](CO)[C@@H](O)[C@H](O)[C@H]3O)[C@@H]12)c1ccc(O)cc1. The second-order valence-electron chi connectivity index (χ2n) is 8.12. The summed E-state index contributed by atoms with van der Waals surface area (Å²) >= 11 is 0. The molecule has 1 aromatic rings. The maximum atomic E-state index is 12.3. The predicted molar refractivity (Wildman–Crippen MR) is 108 cm³/mol. The lowest BCUT2D eigenvalue weighted by Gasteiger charge is -2.42. The average Bonchev–Trinajstić information content (AvgIpc) is 3.14. The van der Waals surface area contributed by atoms with E-state index in [2.05, 4.69) is 0 Å². The zero-order valence-electron chi connectivity index (χ0n) is 17.4. The summed E-state index contributed by atoms with van der Waals surface area (Å²) in [6, 6.07) is 5.54. The summed E-state index contributed by atoms with van der Waals surface area (Å²) in [6.45, 7) is -0.789. The fourth-order valence-electron chi connectivity index (χ4n) is 4.19. The zero-order chi connectivity index (χ0) is 23.7. The number of aromatic hydroxyl groups is 1. The molecule has 1 unspecified atom stereocenters. The summed E-state index contributed by atoms with van der Waals surface area (Å²) in [5, 5.41) is 59.4. The van der Waals surface area contributed by atoms with E-state index in [1.165, 1.54) is 36.6 Å². The highest BCUT2D eigenvalue weighted by molar-refractivity contribution is 5.89. The van der Waals surface area contributed by atoms with Crippen LogP contribution in [-0.4, -0.2) is 92.9 Å². The normalized spacial score (nSPS) is 37.7. The fourth-order valence-corrected chi connectivity index (χ4v) is 4.19. The molecule has 4 rings (SSSR count). The van der Waals surface area contributed by atoms with Crippen LogP contribution in [0.15, 0.2) is 48.3 Å². The number of aliphatic hydroxyl groups is 5. The number of carbonyl (C=O) groups is 1. The van der Waals surface area contributed by atoms with Gasteiger partial charge in [-0.15, -0.1) is 0 Å². The third-order valence-corrected chi connectivity index (χ3v) is 6.02. The molecule has 1 aromatic carbocycles. The van der Waals surface area contributed by atoms with Crippen LogP contribution in [0.5, 0.6) is 5.75 Å². The topological polar surface area (TPSA) is 175 Å². The van der Waals surface area contributed by atoms with E-state index in [1.54, 1.807) is 6.08 Å². The van der Waals surface area contributed by atoms with Gasteiger partial charge in [0, 0.05) is 5.92 Å². The quantitative estimate of drug-likeness (QED) is 0.219. The molecule has 11 nitrogen and oxygen atoms in total. The molecule has 9 atom stereocenters. The smallest absolute Gasteiger partial charge is 0.338 e. The number of hydrogen-bond acceptors (Lipinski definition) is 11. The number of rotatable bonds is 6. The summed E-state index contributed by atoms with van der Waals surface area (Å²) in [6.07, 6.45) is -4.86. The molecule has 1 saturated heterocycles. The van der Waals surface area contributed by atoms with Crippen molar-refractivity contribution < 1.29 is 54.4 Å². The Kier molecular flexibility index (Phi) is 7.00. The van der Waals surface area contributed by atoms with Gasteiger partial charge in [0.1, 0.15) is 36.8 Å². The molecule has 11 heteroatoms. The van der Waals surface area contributed by atoms with Gasteiger partial charge >= 0.3 is 5.97 Å². The van der Waals surface area contributed by atoms with Crippen LogP contribution in [0.2, 0.25) is 0 Å². The molecule has 1 fully saturated rings. The monoisotopic (exact) mass is 466 g/mol. The molecule has 1 aliphatic carbocycles. The lowest BCUT2D eigenvalue weighted by Crippen LogP contribution is -2.60. The van der Waals surface area contributed by atoms with Crippen molar-refractivity contribution in [2.75, 3.05) is 13.2 Å². The third kappa shape index (κ3) is 4.75. The Hall–Kier alpha value is -2.51. The summed E-state index contributed by atoms with van der Waals surface area (Å²) in [5.41, 5.74) is 0.746. The number of benzene rings is 1. The number of ether oxygens (including phenoxy) is 4. The number of fused-ring (bicyclic) bond motifs is 1. The molecule has 0 aromatic heterocycles. The minimum absolute atomic E-state index is 0.00957. The Morgan fingerprint density at radius 3 is 2.42 bits per heavy atom. The predicted octanol–water partition coefficient (Wildman–Crippen LogP) is -1.23. The van der Waals surface area contributed by atoms with Crippen molar-refractivity contribution in [1.82, 2.24) is 0 Å². The number of phenolic OH excluding ortho intramolecular Hbond substituents is 1. The molecule has 3 aliphatic rings. The van der Waals surface area contributed by atoms with E-state index in [-0.39, 0.29) is 17.9 Å². The van der Waals surface area contributed by atoms with E-state index in [0.717, 1.165) is 0 Å². The molecule has 2 heterocycles. The molecule has 0 spiro atoms. The van der Waals surface area contributed by atoms with Crippen LogP contribution in [0.3, 0.4) is 0 Å². The lowest BCUT2D eigenvalue weighted by atomic mass is 9.88. The number of phenols is 1. The van der Waals surface area contributed by atoms with E-state index in [0.29, 0.717) is 5.57 Å². The fraction of sp³-hybridized carbons (Fsp3) is 0.500. The summed E-state index contributed by atoms with van der Waals surface area (Å²) in [7, 11) is 0. The van der Waals surface area contributed by atoms with Gasteiger partial charge in [-0.1, -0.05) is 6.08 Å².